The number of ether oxygens (including phenoxy) is 1. The zero-order chi connectivity index (χ0) is 15.2. The van der Waals surface area contributed by atoms with Crippen LogP contribution in [0.25, 0.3) is 0 Å². The minimum atomic E-state index is -0.764. The van der Waals surface area contributed by atoms with E-state index in [0.29, 0.717) is 17.3 Å². The third-order valence-electron chi connectivity index (χ3n) is 2.87. The van der Waals surface area contributed by atoms with Crippen molar-refractivity contribution in [3.63, 3.8) is 0 Å². The Hall–Kier alpha value is -1.65. The Bertz CT molecular complexity index is 619. The van der Waals surface area contributed by atoms with E-state index in [2.05, 4.69) is 12.2 Å². The number of halogens is 3. The summed E-state index contributed by atoms with van der Waals surface area (Å²) < 4.78 is 31.8. The van der Waals surface area contributed by atoms with Gasteiger partial charge in [0.25, 0.3) is 0 Å². The van der Waals surface area contributed by atoms with Gasteiger partial charge in [0.1, 0.15) is 11.6 Å². The van der Waals surface area contributed by atoms with Crippen LogP contribution in [0.15, 0.2) is 36.4 Å². The van der Waals surface area contributed by atoms with E-state index < -0.39 is 11.6 Å². The van der Waals surface area contributed by atoms with E-state index in [4.69, 9.17) is 16.3 Å². The second kappa shape index (κ2) is 7.38. The van der Waals surface area contributed by atoms with Crippen molar-refractivity contribution in [1.29, 1.82) is 0 Å². The first-order valence-corrected chi connectivity index (χ1v) is 7.10. The number of hydrogen-bond acceptors (Lipinski definition) is 2. The van der Waals surface area contributed by atoms with Crippen molar-refractivity contribution in [3.05, 3.63) is 58.6 Å². The summed E-state index contributed by atoms with van der Waals surface area (Å²) in [6.07, 6.45) is 1.05. The molecule has 5 heteroatoms. The Morgan fingerprint density at radius 3 is 2.52 bits per heavy atom. The van der Waals surface area contributed by atoms with E-state index in [1.54, 1.807) is 12.1 Å². The van der Waals surface area contributed by atoms with Crippen LogP contribution in [0.4, 0.5) is 8.78 Å². The smallest absolute Gasteiger partial charge is 0.168 e. The molecule has 0 unspecified atom stereocenters. The molecule has 21 heavy (non-hydrogen) atoms. The summed E-state index contributed by atoms with van der Waals surface area (Å²) in [7, 11) is 0. The van der Waals surface area contributed by atoms with Crippen LogP contribution in [0.5, 0.6) is 11.5 Å². The molecule has 0 bridgehead atoms. The van der Waals surface area contributed by atoms with Crippen molar-refractivity contribution in [3.8, 4) is 11.5 Å². The van der Waals surface area contributed by atoms with E-state index in [1.165, 1.54) is 6.07 Å². The van der Waals surface area contributed by atoms with Gasteiger partial charge in [-0.3, -0.25) is 0 Å². The fraction of sp³-hybridized carbons (Fsp3) is 0.250. The molecule has 0 aliphatic carbocycles. The normalized spacial score (nSPS) is 10.7. The molecule has 0 atom stereocenters. The predicted molar refractivity (Wildman–Crippen MR) is 79.9 cm³/mol. The SMILES string of the molecule is CCCNCc1ccc(Oc2ccc(F)cc2F)c(Cl)c1. The van der Waals surface area contributed by atoms with Crippen LogP contribution < -0.4 is 10.1 Å². The highest BCUT2D eigenvalue weighted by molar-refractivity contribution is 6.32. The zero-order valence-corrected chi connectivity index (χ0v) is 12.4. The standard InChI is InChI=1S/C16H16ClF2NO/c1-2-7-20-10-11-3-5-15(13(17)8-11)21-16-6-4-12(18)9-14(16)19/h3-6,8-9,20H,2,7,10H2,1H3. The second-order valence-electron chi connectivity index (χ2n) is 4.62. The number of rotatable bonds is 6. The summed E-state index contributed by atoms with van der Waals surface area (Å²) in [6, 6.07) is 8.43. The Labute approximate surface area is 127 Å². The van der Waals surface area contributed by atoms with Gasteiger partial charge in [-0.15, -0.1) is 0 Å². The average Bonchev–Trinajstić information content (AvgIpc) is 2.44. The largest absolute Gasteiger partial charge is 0.453 e. The van der Waals surface area contributed by atoms with Crippen molar-refractivity contribution in [2.45, 2.75) is 19.9 Å². The molecule has 2 nitrogen and oxygen atoms in total. The second-order valence-corrected chi connectivity index (χ2v) is 5.03. The van der Waals surface area contributed by atoms with Gasteiger partial charge < -0.3 is 10.1 Å². The zero-order valence-electron chi connectivity index (χ0n) is 11.6. The van der Waals surface area contributed by atoms with E-state index >= 15 is 0 Å². The van der Waals surface area contributed by atoms with Crippen molar-refractivity contribution >= 4 is 11.6 Å². The lowest BCUT2D eigenvalue weighted by Gasteiger charge is -2.10. The molecule has 0 aliphatic rings. The summed E-state index contributed by atoms with van der Waals surface area (Å²) in [5.41, 5.74) is 1.01. The lowest BCUT2D eigenvalue weighted by Crippen LogP contribution is -2.13. The molecule has 2 rings (SSSR count). The van der Waals surface area contributed by atoms with Crippen LogP contribution in [0.3, 0.4) is 0 Å². The molecule has 0 amide bonds. The van der Waals surface area contributed by atoms with Gasteiger partial charge in [0.05, 0.1) is 5.02 Å². The lowest BCUT2D eigenvalue weighted by atomic mass is 10.2. The summed E-state index contributed by atoms with van der Waals surface area (Å²) in [6.45, 7) is 3.73. The van der Waals surface area contributed by atoms with Crippen LogP contribution in [0.2, 0.25) is 5.02 Å². The van der Waals surface area contributed by atoms with Gasteiger partial charge in [0.2, 0.25) is 0 Å². The Kier molecular flexibility index (Phi) is 5.53. The van der Waals surface area contributed by atoms with Crippen LogP contribution in [0.1, 0.15) is 18.9 Å². The highest BCUT2D eigenvalue weighted by Gasteiger charge is 2.09. The highest BCUT2D eigenvalue weighted by atomic mass is 35.5. The van der Waals surface area contributed by atoms with E-state index in [0.717, 1.165) is 30.7 Å². The monoisotopic (exact) mass is 311 g/mol. The summed E-state index contributed by atoms with van der Waals surface area (Å²) in [4.78, 5) is 0. The molecule has 2 aromatic carbocycles. The molecule has 112 valence electrons. The molecule has 0 saturated heterocycles. The van der Waals surface area contributed by atoms with Gasteiger partial charge in [-0.25, -0.2) is 8.78 Å². The van der Waals surface area contributed by atoms with Crippen LogP contribution in [-0.4, -0.2) is 6.54 Å². The third kappa shape index (κ3) is 4.41. The molecule has 0 aliphatic heterocycles. The maximum absolute atomic E-state index is 13.5. The molecule has 0 heterocycles. The molecule has 0 aromatic heterocycles. The van der Waals surface area contributed by atoms with Gasteiger partial charge in [0.15, 0.2) is 11.6 Å². The van der Waals surface area contributed by atoms with E-state index in [1.807, 2.05) is 6.07 Å². The van der Waals surface area contributed by atoms with Crippen molar-refractivity contribution in [1.82, 2.24) is 5.32 Å². The first kappa shape index (κ1) is 15.7. The minimum Gasteiger partial charge on any atom is -0.453 e. The Morgan fingerprint density at radius 1 is 1.10 bits per heavy atom. The Balaban J connectivity index is 2.10. The molecule has 0 radical (unpaired) electrons. The van der Waals surface area contributed by atoms with Gasteiger partial charge >= 0.3 is 0 Å². The Morgan fingerprint density at radius 2 is 1.86 bits per heavy atom. The quantitative estimate of drug-likeness (QED) is 0.765. The topological polar surface area (TPSA) is 21.3 Å². The summed E-state index contributed by atoms with van der Waals surface area (Å²) >= 11 is 6.13. The average molecular weight is 312 g/mol. The molecule has 0 spiro atoms. The molecule has 1 N–H and O–H groups in total. The van der Waals surface area contributed by atoms with Crippen molar-refractivity contribution < 1.29 is 13.5 Å². The first-order chi connectivity index (χ1) is 10.1. The van der Waals surface area contributed by atoms with Crippen molar-refractivity contribution in [2.75, 3.05) is 6.54 Å². The minimum absolute atomic E-state index is 0.0600. The maximum atomic E-state index is 13.5. The van der Waals surface area contributed by atoms with Gasteiger partial charge in [-0.1, -0.05) is 24.6 Å². The van der Waals surface area contributed by atoms with Gasteiger partial charge in [0, 0.05) is 12.6 Å². The summed E-state index contributed by atoms with van der Waals surface area (Å²) in [5, 5.41) is 3.65. The fourth-order valence-electron chi connectivity index (χ4n) is 1.82. The molecular weight excluding hydrogens is 296 g/mol. The third-order valence-corrected chi connectivity index (χ3v) is 3.16. The number of benzene rings is 2. The first-order valence-electron chi connectivity index (χ1n) is 6.72. The number of nitrogens with one attached hydrogen (secondary N) is 1. The fourth-order valence-corrected chi connectivity index (χ4v) is 2.06. The van der Waals surface area contributed by atoms with E-state index in [-0.39, 0.29) is 5.75 Å². The number of hydrogen-bond donors (Lipinski definition) is 1. The van der Waals surface area contributed by atoms with Crippen LogP contribution >= 0.6 is 11.6 Å². The van der Waals surface area contributed by atoms with E-state index in [9.17, 15) is 8.78 Å². The molecule has 0 saturated carbocycles. The molecule has 0 fully saturated rings. The lowest BCUT2D eigenvalue weighted by molar-refractivity contribution is 0.437. The predicted octanol–water partition coefficient (Wildman–Crippen LogP) is 4.91. The van der Waals surface area contributed by atoms with Crippen LogP contribution in [0, 0.1) is 11.6 Å². The highest BCUT2D eigenvalue weighted by Crippen LogP contribution is 2.31. The van der Waals surface area contributed by atoms with Crippen molar-refractivity contribution in [2.24, 2.45) is 0 Å². The summed E-state index contributed by atoms with van der Waals surface area (Å²) in [5.74, 6) is -1.14. The van der Waals surface area contributed by atoms with Gasteiger partial charge in [-0.2, -0.15) is 0 Å². The van der Waals surface area contributed by atoms with Crippen LogP contribution in [-0.2, 0) is 6.54 Å². The van der Waals surface area contributed by atoms with Gasteiger partial charge in [-0.05, 0) is 42.8 Å². The molecular formula is C16H16ClF2NO. The molecule has 2 aromatic rings. The maximum Gasteiger partial charge on any atom is 0.168 e.